The van der Waals surface area contributed by atoms with Crippen molar-refractivity contribution in [2.45, 2.75) is 26.7 Å². The normalized spacial score (nSPS) is 10.7. The van der Waals surface area contributed by atoms with E-state index in [1.807, 2.05) is 56.3 Å². The van der Waals surface area contributed by atoms with E-state index in [2.05, 4.69) is 16.4 Å². The van der Waals surface area contributed by atoms with Crippen molar-refractivity contribution in [2.24, 2.45) is 0 Å². The Balaban J connectivity index is 1.52. The standard InChI is InChI=1S/C22H24N2O3/c1-15-12-16(2)19-14-17(22(26)24-20(19)13-15)8-10-23-21(25)9-11-27-18-6-4-3-5-7-18/h3-7,12-14H,8-11H2,1-2H3,(H,23,25)(H,24,26). The van der Waals surface area contributed by atoms with E-state index in [1.54, 1.807) is 0 Å². The first kappa shape index (κ1) is 18.7. The highest BCUT2D eigenvalue weighted by Crippen LogP contribution is 2.18. The molecule has 0 unspecified atom stereocenters. The maximum atomic E-state index is 12.3. The van der Waals surface area contributed by atoms with Crippen LogP contribution in [0.5, 0.6) is 5.75 Å². The molecule has 3 aromatic rings. The Morgan fingerprint density at radius 1 is 1.11 bits per heavy atom. The first-order valence-electron chi connectivity index (χ1n) is 9.10. The Morgan fingerprint density at radius 3 is 2.67 bits per heavy atom. The number of nitrogens with one attached hydrogen (secondary N) is 2. The molecule has 2 aromatic carbocycles. The number of hydrogen-bond donors (Lipinski definition) is 2. The zero-order valence-electron chi connectivity index (χ0n) is 15.7. The molecule has 1 aromatic heterocycles. The highest BCUT2D eigenvalue weighted by atomic mass is 16.5. The summed E-state index contributed by atoms with van der Waals surface area (Å²) in [6.45, 7) is 4.79. The third-order valence-corrected chi connectivity index (χ3v) is 4.45. The largest absolute Gasteiger partial charge is 0.493 e. The van der Waals surface area contributed by atoms with Gasteiger partial charge in [0.25, 0.3) is 5.56 Å². The van der Waals surface area contributed by atoms with Crippen molar-refractivity contribution in [3.05, 3.63) is 75.6 Å². The zero-order valence-corrected chi connectivity index (χ0v) is 15.7. The number of benzene rings is 2. The molecule has 0 fully saturated rings. The Labute approximate surface area is 158 Å². The average Bonchev–Trinajstić information content (AvgIpc) is 2.63. The molecule has 27 heavy (non-hydrogen) atoms. The number of H-pyrrole nitrogens is 1. The second-order valence-electron chi connectivity index (χ2n) is 6.68. The van der Waals surface area contributed by atoms with Crippen LogP contribution in [-0.2, 0) is 11.2 Å². The van der Waals surface area contributed by atoms with Crippen LogP contribution in [0.25, 0.3) is 10.9 Å². The molecule has 1 amide bonds. The van der Waals surface area contributed by atoms with Gasteiger partial charge in [-0.1, -0.05) is 24.3 Å². The number of fused-ring (bicyclic) bond motifs is 1. The molecule has 0 bridgehead atoms. The van der Waals surface area contributed by atoms with Crippen molar-refractivity contribution in [3.8, 4) is 5.75 Å². The van der Waals surface area contributed by atoms with E-state index < -0.39 is 0 Å². The zero-order chi connectivity index (χ0) is 19.2. The molecule has 0 aliphatic rings. The van der Waals surface area contributed by atoms with Gasteiger partial charge in [-0.15, -0.1) is 0 Å². The first-order valence-corrected chi connectivity index (χ1v) is 9.10. The summed E-state index contributed by atoms with van der Waals surface area (Å²) >= 11 is 0. The van der Waals surface area contributed by atoms with E-state index in [9.17, 15) is 9.59 Å². The molecule has 0 spiro atoms. The van der Waals surface area contributed by atoms with E-state index in [0.717, 1.165) is 27.8 Å². The van der Waals surface area contributed by atoms with Crippen LogP contribution in [0.15, 0.2) is 53.3 Å². The molecule has 1 heterocycles. The summed E-state index contributed by atoms with van der Waals surface area (Å²) in [6.07, 6.45) is 0.769. The van der Waals surface area contributed by atoms with Crippen molar-refractivity contribution >= 4 is 16.8 Å². The number of carbonyl (C=O) groups is 1. The van der Waals surface area contributed by atoms with Crippen molar-refractivity contribution in [3.63, 3.8) is 0 Å². The van der Waals surface area contributed by atoms with Crippen LogP contribution in [0, 0.1) is 13.8 Å². The van der Waals surface area contributed by atoms with Gasteiger partial charge in [-0.05, 0) is 55.7 Å². The van der Waals surface area contributed by atoms with Gasteiger partial charge in [-0.2, -0.15) is 0 Å². The Kier molecular flexibility index (Phi) is 5.91. The fraction of sp³-hybridized carbons (Fsp3) is 0.273. The van der Waals surface area contributed by atoms with Crippen molar-refractivity contribution in [1.29, 1.82) is 0 Å². The molecule has 0 atom stereocenters. The number of aromatic nitrogens is 1. The van der Waals surface area contributed by atoms with Crippen LogP contribution in [0.3, 0.4) is 0 Å². The van der Waals surface area contributed by atoms with Crippen molar-refractivity contribution in [2.75, 3.05) is 13.2 Å². The van der Waals surface area contributed by atoms with Gasteiger partial charge in [0.05, 0.1) is 13.0 Å². The maximum absolute atomic E-state index is 12.3. The summed E-state index contributed by atoms with van der Waals surface area (Å²) in [6, 6.07) is 15.4. The summed E-state index contributed by atoms with van der Waals surface area (Å²) in [4.78, 5) is 27.1. The molecule has 3 rings (SSSR count). The van der Waals surface area contributed by atoms with Gasteiger partial charge in [-0.3, -0.25) is 9.59 Å². The number of amides is 1. The Hall–Kier alpha value is -3.08. The fourth-order valence-electron chi connectivity index (χ4n) is 3.11. The summed E-state index contributed by atoms with van der Waals surface area (Å²) in [5, 5.41) is 3.88. The fourth-order valence-corrected chi connectivity index (χ4v) is 3.11. The number of ether oxygens (including phenoxy) is 1. The minimum Gasteiger partial charge on any atom is -0.493 e. The second kappa shape index (κ2) is 8.54. The first-order chi connectivity index (χ1) is 13.0. The quantitative estimate of drug-likeness (QED) is 0.676. The van der Waals surface area contributed by atoms with Gasteiger partial charge in [0.15, 0.2) is 0 Å². The molecule has 0 aliphatic heterocycles. The molecule has 5 nitrogen and oxygen atoms in total. The number of aromatic amines is 1. The summed E-state index contributed by atoms with van der Waals surface area (Å²) < 4.78 is 5.52. The lowest BCUT2D eigenvalue weighted by Gasteiger charge is -2.09. The van der Waals surface area contributed by atoms with Crippen LogP contribution in [0.2, 0.25) is 0 Å². The summed E-state index contributed by atoms with van der Waals surface area (Å²) in [7, 11) is 0. The van der Waals surface area contributed by atoms with Crippen LogP contribution in [0.4, 0.5) is 0 Å². The summed E-state index contributed by atoms with van der Waals surface area (Å²) in [5.74, 6) is 0.661. The van der Waals surface area contributed by atoms with Crippen LogP contribution >= 0.6 is 0 Å². The molecule has 0 saturated carbocycles. The van der Waals surface area contributed by atoms with E-state index in [0.29, 0.717) is 25.1 Å². The average molecular weight is 364 g/mol. The van der Waals surface area contributed by atoms with Gasteiger partial charge in [-0.25, -0.2) is 0 Å². The summed E-state index contributed by atoms with van der Waals surface area (Å²) in [5.41, 5.74) is 3.67. The van der Waals surface area contributed by atoms with E-state index in [1.165, 1.54) is 0 Å². The van der Waals surface area contributed by atoms with E-state index in [-0.39, 0.29) is 17.9 Å². The minimum absolute atomic E-state index is 0.0880. The third-order valence-electron chi connectivity index (χ3n) is 4.45. The highest BCUT2D eigenvalue weighted by molar-refractivity contribution is 5.83. The monoisotopic (exact) mass is 364 g/mol. The highest BCUT2D eigenvalue weighted by Gasteiger charge is 2.07. The van der Waals surface area contributed by atoms with E-state index in [4.69, 9.17) is 4.74 Å². The van der Waals surface area contributed by atoms with Gasteiger partial charge in [0.2, 0.25) is 5.91 Å². The SMILES string of the molecule is Cc1cc(C)c2cc(CCNC(=O)CCOc3ccccc3)c(=O)[nH]c2c1. The number of aryl methyl sites for hydroxylation is 2. The lowest BCUT2D eigenvalue weighted by molar-refractivity contribution is -0.121. The predicted octanol–water partition coefficient (Wildman–Crippen LogP) is 3.27. The van der Waals surface area contributed by atoms with Crippen LogP contribution in [0.1, 0.15) is 23.1 Å². The van der Waals surface area contributed by atoms with Crippen LogP contribution in [-0.4, -0.2) is 24.0 Å². The van der Waals surface area contributed by atoms with Gasteiger partial charge < -0.3 is 15.0 Å². The molecule has 140 valence electrons. The maximum Gasteiger partial charge on any atom is 0.251 e. The number of pyridine rings is 1. The van der Waals surface area contributed by atoms with E-state index >= 15 is 0 Å². The molecule has 0 aliphatic carbocycles. The van der Waals surface area contributed by atoms with Crippen molar-refractivity contribution < 1.29 is 9.53 Å². The molecular formula is C22H24N2O3. The lowest BCUT2D eigenvalue weighted by atomic mass is 10.0. The van der Waals surface area contributed by atoms with Crippen LogP contribution < -0.4 is 15.6 Å². The number of carbonyl (C=O) groups excluding carboxylic acids is 1. The number of rotatable bonds is 7. The Morgan fingerprint density at radius 2 is 1.89 bits per heavy atom. The molecular weight excluding hydrogens is 340 g/mol. The predicted molar refractivity (Wildman–Crippen MR) is 107 cm³/mol. The minimum atomic E-state index is -0.103. The van der Waals surface area contributed by atoms with Gasteiger partial charge >= 0.3 is 0 Å². The third kappa shape index (κ3) is 4.97. The van der Waals surface area contributed by atoms with Gasteiger partial charge in [0.1, 0.15) is 5.75 Å². The topological polar surface area (TPSA) is 71.2 Å². The lowest BCUT2D eigenvalue weighted by Crippen LogP contribution is -2.28. The molecule has 5 heteroatoms. The smallest absolute Gasteiger partial charge is 0.251 e. The Bertz CT molecular complexity index is 994. The molecule has 0 radical (unpaired) electrons. The number of para-hydroxylation sites is 1. The molecule has 0 saturated heterocycles. The number of hydrogen-bond acceptors (Lipinski definition) is 3. The van der Waals surface area contributed by atoms with Gasteiger partial charge in [0, 0.05) is 23.0 Å². The van der Waals surface area contributed by atoms with Crippen molar-refractivity contribution in [1.82, 2.24) is 10.3 Å². The second-order valence-corrected chi connectivity index (χ2v) is 6.68. The molecule has 2 N–H and O–H groups in total.